The zero-order valence-electron chi connectivity index (χ0n) is 14.1. The largest absolute Gasteiger partial charge is 0.493 e. The Morgan fingerprint density at radius 3 is 2.38 bits per heavy atom. The van der Waals surface area contributed by atoms with Gasteiger partial charge in [-0.3, -0.25) is 0 Å². The molecule has 0 saturated heterocycles. The second kappa shape index (κ2) is 9.03. The summed E-state index contributed by atoms with van der Waals surface area (Å²) in [4.78, 5) is 4.59. The van der Waals surface area contributed by atoms with Crippen molar-refractivity contribution in [2.75, 3.05) is 26.1 Å². The second-order valence-corrected chi connectivity index (χ2v) is 5.45. The van der Waals surface area contributed by atoms with Gasteiger partial charge in [0.15, 0.2) is 17.5 Å². The summed E-state index contributed by atoms with van der Waals surface area (Å²) in [6, 6.07) is 13.3. The van der Waals surface area contributed by atoms with Gasteiger partial charge in [0.1, 0.15) is 0 Å². The summed E-state index contributed by atoms with van der Waals surface area (Å²) in [7, 11) is 3.23. The van der Waals surface area contributed by atoms with Gasteiger partial charge in [0.25, 0.3) is 0 Å². The molecule has 24 heavy (non-hydrogen) atoms. The van der Waals surface area contributed by atoms with Crippen LogP contribution in [0.15, 0.2) is 47.5 Å². The normalized spacial score (nSPS) is 11.1. The quantitative estimate of drug-likeness (QED) is 0.614. The smallest absolute Gasteiger partial charge is 0.196 e. The van der Waals surface area contributed by atoms with Crippen LogP contribution in [0.1, 0.15) is 12.5 Å². The van der Waals surface area contributed by atoms with E-state index in [-0.39, 0.29) is 0 Å². The number of guanidine groups is 1. The van der Waals surface area contributed by atoms with Gasteiger partial charge < -0.3 is 20.1 Å². The van der Waals surface area contributed by atoms with Crippen molar-refractivity contribution in [3.05, 3.63) is 53.1 Å². The van der Waals surface area contributed by atoms with Crippen molar-refractivity contribution in [1.82, 2.24) is 5.32 Å². The highest BCUT2D eigenvalue weighted by molar-refractivity contribution is 6.30. The molecule has 5 nitrogen and oxygen atoms in total. The summed E-state index contributed by atoms with van der Waals surface area (Å²) < 4.78 is 10.6. The highest BCUT2D eigenvalue weighted by Crippen LogP contribution is 2.29. The maximum Gasteiger partial charge on any atom is 0.196 e. The van der Waals surface area contributed by atoms with E-state index in [4.69, 9.17) is 21.1 Å². The Labute approximate surface area is 147 Å². The molecule has 0 amide bonds. The van der Waals surface area contributed by atoms with Crippen LogP contribution in [0, 0.1) is 0 Å². The fourth-order valence-corrected chi connectivity index (χ4v) is 2.24. The van der Waals surface area contributed by atoms with Crippen LogP contribution in [0.4, 0.5) is 5.69 Å². The lowest BCUT2D eigenvalue weighted by Crippen LogP contribution is -2.30. The van der Waals surface area contributed by atoms with E-state index in [1.54, 1.807) is 14.2 Å². The average Bonchev–Trinajstić information content (AvgIpc) is 2.61. The molecule has 0 unspecified atom stereocenters. The molecule has 2 N–H and O–H groups in total. The van der Waals surface area contributed by atoms with Gasteiger partial charge in [0.05, 0.1) is 20.8 Å². The van der Waals surface area contributed by atoms with Crippen LogP contribution >= 0.6 is 11.6 Å². The van der Waals surface area contributed by atoms with Crippen molar-refractivity contribution >= 4 is 23.2 Å². The molecule has 2 aromatic rings. The van der Waals surface area contributed by atoms with E-state index in [0.29, 0.717) is 24.0 Å². The molecule has 0 heterocycles. The molecular weight excluding hydrogens is 326 g/mol. The number of halogens is 1. The Hall–Kier alpha value is -2.40. The van der Waals surface area contributed by atoms with E-state index in [0.717, 1.165) is 22.8 Å². The zero-order valence-corrected chi connectivity index (χ0v) is 14.9. The van der Waals surface area contributed by atoms with Crippen LogP contribution in [0.3, 0.4) is 0 Å². The number of anilines is 1. The number of aliphatic imine (C=N–C) groups is 1. The average molecular weight is 348 g/mol. The van der Waals surface area contributed by atoms with E-state index >= 15 is 0 Å². The molecule has 0 radical (unpaired) electrons. The third-order valence-electron chi connectivity index (χ3n) is 3.32. The van der Waals surface area contributed by atoms with Crippen molar-refractivity contribution in [2.45, 2.75) is 13.5 Å². The number of benzene rings is 2. The lowest BCUT2D eigenvalue weighted by Gasteiger charge is -2.14. The first kappa shape index (κ1) is 17.9. The van der Waals surface area contributed by atoms with Gasteiger partial charge in [-0.15, -0.1) is 0 Å². The first-order chi connectivity index (χ1) is 11.7. The van der Waals surface area contributed by atoms with E-state index in [9.17, 15) is 0 Å². The minimum atomic E-state index is 0.555. The van der Waals surface area contributed by atoms with Crippen LogP contribution in [-0.4, -0.2) is 26.7 Å². The highest BCUT2D eigenvalue weighted by Gasteiger charge is 2.06. The number of rotatable bonds is 6. The van der Waals surface area contributed by atoms with Gasteiger partial charge in [0.2, 0.25) is 0 Å². The van der Waals surface area contributed by atoms with Crippen molar-refractivity contribution in [2.24, 2.45) is 4.99 Å². The first-order valence-electron chi connectivity index (χ1n) is 7.68. The molecular formula is C18H22ClN3O2. The Morgan fingerprint density at radius 2 is 1.75 bits per heavy atom. The minimum absolute atomic E-state index is 0.555. The topological polar surface area (TPSA) is 54.9 Å². The van der Waals surface area contributed by atoms with Gasteiger partial charge in [-0.25, -0.2) is 4.99 Å². The Kier molecular flexibility index (Phi) is 6.75. The van der Waals surface area contributed by atoms with Crippen LogP contribution in [-0.2, 0) is 6.54 Å². The van der Waals surface area contributed by atoms with Crippen LogP contribution < -0.4 is 20.1 Å². The highest BCUT2D eigenvalue weighted by atomic mass is 35.5. The third-order valence-corrected chi connectivity index (χ3v) is 3.58. The van der Waals surface area contributed by atoms with Crippen LogP contribution in [0.5, 0.6) is 11.5 Å². The molecule has 0 aliphatic rings. The molecule has 0 spiro atoms. The van der Waals surface area contributed by atoms with Crippen molar-refractivity contribution in [3.8, 4) is 11.5 Å². The van der Waals surface area contributed by atoms with E-state index in [1.165, 1.54) is 0 Å². The monoisotopic (exact) mass is 347 g/mol. The molecule has 2 rings (SSSR count). The molecule has 0 saturated carbocycles. The lowest BCUT2D eigenvalue weighted by atomic mass is 10.2. The molecule has 128 valence electrons. The second-order valence-electron chi connectivity index (χ2n) is 5.02. The molecule has 0 aliphatic carbocycles. The number of methoxy groups -OCH3 is 2. The van der Waals surface area contributed by atoms with Gasteiger partial charge in [-0.2, -0.15) is 0 Å². The predicted octanol–water partition coefficient (Wildman–Crippen LogP) is 3.93. The SMILES string of the molecule is CCNC(=NCc1ccc(Cl)cc1)Nc1ccc(OC)c(OC)c1. The summed E-state index contributed by atoms with van der Waals surface area (Å²) >= 11 is 5.90. The lowest BCUT2D eigenvalue weighted by molar-refractivity contribution is 0.355. The van der Waals surface area contributed by atoms with Gasteiger partial charge >= 0.3 is 0 Å². The van der Waals surface area contributed by atoms with Gasteiger partial charge in [-0.05, 0) is 36.8 Å². The zero-order chi connectivity index (χ0) is 17.4. The summed E-state index contributed by atoms with van der Waals surface area (Å²) in [5.74, 6) is 2.04. The Bertz CT molecular complexity index is 687. The maximum absolute atomic E-state index is 5.90. The molecule has 0 atom stereocenters. The number of hydrogen-bond acceptors (Lipinski definition) is 3. The summed E-state index contributed by atoms with van der Waals surface area (Å²) in [6.07, 6.45) is 0. The van der Waals surface area contributed by atoms with E-state index in [1.807, 2.05) is 49.4 Å². The molecule has 0 aliphatic heterocycles. The fraction of sp³-hybridized carbons (Fsp3) is 0.278. The van der Waals surface area contributed by atoms with Crippen molar-refractivity contribution < 1.29 is 9.47 Å². The van der Waals surface area contributed by atoms with E-state index < -0.39 is 0 Å². The number of ether oxygens (including phenoxy) is 2. The molecule has 6 heteroatoms. The van der Waals surface area contributed by atoms with Crippen molar-refractivity contribution in [3.63, 3.8) is 0 Å². The summed E-state index contributed by atoms with van der Waals surface area (Å²) in [5, 5.41) is 7.20. The van der Waals surface area contributed by atoms with Gasteiger partial charge in [-0.1, -0.05) is 23.7 Å². The first-order valence-corrected chi connectivity index (χ1v) is 8.06. The fourth-order valence-electron chi connectivity index (χ4n) is 2.12. The molecule has 0 bridgehead atoms. The minimum Gasteiger partial charge on any atom is -0.493 e. The number of nitrogens with zero attached hydrogens (tertiary/aromatic N) is 1. The van der Waals surface area contributed by atoms with Gasteiger partial charge in [0, 0.05) is 23.3 Å². The molecule has 0 aromatic heterocycles. The number of hydrogen-bond donors (Lipinski definition) is 2. The van der Waals surface area contributed by atoms with Crippen LogP contribution in [0.25, 0.3) is 0 Å². The van der Waals surface area contributed by atoms with Crippen molar-refractivity contribution in [1.29, 1.82) is 0 Å². The predicted molar refractivity (Wildman–Crippen MR) is 99.4 cm³/mol. The third kappa shape index (κ3) is 5.06. The molecule has 2 aromatic carbocycles. The Balaban J connectivity index is 2.12. The molecule has 0 fully saturated rings. The van der Waals surface area contributed by atoms with E-state index in [2.05, 4.69) is 15.6 Å². The summed E-state index contributed by atoms with van der Waals surface area (Å²) in [5.41, 5.74) is 1.95. The van der Waals surface area contributed by atoms with Crippen LogP contribution in [0.2, 0.25) is 5.02 Å². The summed E-state index contributed by atoms with van der Waals surface area (Å²) in [6.45, 7) is 3.34. The maximum atomic E-state index is 5.90. The Morgan fingerprint density at radius 1 is 1.04 bits per heavy atom. The number of nitrogens with one attached hydrogen (secondary N) is 2. The standard InChI is InChI=1S/C18H22ClN3O2/c1-4-20-18(21-12-13-5-7-14(19)8-6-13)22-15-9-10-16(23-2)17(11-15)24-3/h5-11H,4,12H2,1-3H3,(H2,20,21,22).